The highest BCUT2D eigenvalue weighted by Gasteiger charge is 2.03. The molecule has 3 N–H and O–H groups in total. The number of imidazole rings is 1. The van der Waals surface area contributed by atoms with Gasteiger partial charge in [0.25, 0.3) is 0 Å². The van der Waals surface area contributed by atoms with Gasteiger partial charge in [-0.05, 0) is 23.4 Å². The maximum atomic E-state index is 9.55. The number of aryl methyl sites for hydroxylation is 1. The Morgan fingerprint density at radius 1 is 1.33 bits per heavy atom. The van der Waals surface area contributed by atoms with E-state index in [0.717, 1.165) is 18.5 Å². The van der Waals surface area contributed by atoms with Crippen LogP contribution in [0.2, 0.25) is 0 Å². The summed E-state index contributed by atoms with van der Waals surface area (Å²) in [6.45, 7) is 2.19. The summed E-state index contributed by atoms with van der Waals surface area (Å²) in [5, 5.41) is 17.8. The fourth-order valence-corrected chi connectivity index (χ4v) is 2.41. The molecule has 21 heavy (non-hydrogen) atoms. The fourth-order valence-electron chi connectivity index (χ4n) is 1.56. The number of aromatic amines is 1. The smallest absolute Gasteiger partial charge is 0.328 e. The van der Waals surface area contributed by atoms with Crippen LogP contribution in [-0.2, 0) is 22.4 Å². The van der Waals surface area contributed by atoms with Crippen molar-refractivity contribution in [3.05, 3.63) is 52.3 Å². The SMILES string of the molecule is CCc1sccc1Cc1c[nH]cn1.O=C(O)/C=C/C(=O)O. The molecule has 0 atom stereocenters. The molecule has 7 heteroatoms. The molecule has 6 nitrogen and oxygen atoms in total. The van der Waals surface area contributed by atoms with Gasteiger partial charge in [0, 0.05) is 29.6 Å². The number of hydrogen-bond acceptors (Lipinski definition) is 4. The van der Waals surface area contributed by atoms with Crippen LogP contribution in [0, 0.1) is 0 Å². The quantitative estimate of drug-likeness (QED) is 0.736. The van der Waals surface area contributed by atoms with Gasteiger partial charge < -0.3 is 15.2 Å². The maximum Gasteiger partial charge on any atom is 0.328 e. The lowest BCUT2D eigenvalue weighted by Crippen LogP contribution is -1.91. The van der Waals surface area contributed by atoms with Crippen molar-refractivity contribution in [2.75, 3.05) is 0 Å². The molecular weight excluding hydrogens is 292 g/mol. The molecule has 2 rings (SSSR count). The number of aliphatic carboxylic acids is 2. The lowest BCUT2D eigenvalue weighted by atomic mass is 10.1. The molecule has 112 valence electrons. The second-order valence-electron chi connectivity index (χ2n) is 3.97. The zero-order chi connectivity index (χ0) is 15.7. The zero-order valence-corrected chi connectivity index (χ0v) is 12.3. The molecule has 0 radical (unpaired) electrons. The minimum Gasteiger partial charge on any atom is -0.478 e. The maximum absolute atomic E-state index is 9.55. The van der Waals surface area contributed by atoms with Crippen LogP contribution in [0.25, 0.3) is 0 Å². The molecule has 0 aliphatic rings. The number of H-pyrrole nitrogens is 1. The van der Waals surface area contributed by atoms with Crippen LogP contribution in [0.3, 0.4) is 0 Å². The van der Waals surface area contributed by atoms with E-state index >= 15 is 0 Å². The zero-order valence-electron chi connectivity index (χ0n) is 11.4. The van der Waals surface area contributed by atoms with E-state index in [1.54, 1.807) is 6.33 Å². The van der Waals surface area contributed by atoms with Gasteiger partial charge in [-0.3, -0.25) is 0 Å². The first-order valence-electron chi connectivity index (χ1n) is 6.19. The normalized spacial score (nSPS) is 10.1. The second kappa shape index (κ2) is 8.70. The molecule has 0 aliphatic heterocycles. The number of nitrogens with zero attached hydrogens (tertiary/aromatic N) is 1. The number of nitrogens with one attached hydrogen (secondary N) is 1. The van der Waals surface area contributed by atoms with Crippen LogP contribution < -0.4 is 0 Å². The summed E-state index contributed by atoms with van der Waals surface area (Å²) in [6.07, 6.45) is 6.88. The van der Waals surface area contributed by atoms with Crippen molar-refractivity contribution < 1.29 is 19.8 Å². The Balaban J connectivity index is 0.000000240. The molecule has 0 saturated heterocycles. The Morgan fingerprint density at radius 2 is 2.00 bits per heavy atom. The van der Waals surface area contributed by atoms with Gasteiger partial charge in [0.15, 0.2) is 0 Å². The molecule has 0 unspecified atom stereocenters. The lowest BCUT2D eigenvalue weighted by molar-refractivity contribution is -0.134. The molecule has 2 aromatic rings. The van der Waals surface area contributed by atoms with Crippen LogP contribution in [0.15, 0.2) is 36.1 Å². The average molecular weight is 308 g/mol. The first-order chi connectivity index (χ1) is 10.0. The van der Waals surface area contributed by atoms with Crippen molar-refractivity contribution in [2.45, 2.75) is 19.8 Å². The average Bonchev–Trinajstić information content (AvgIpc) is 3.09. The van der Waals surface area contributed by atoms with E-state index in [1.807, 2.05) is 17.5 Å². The summed E-state index contributed by atoms with van der Waals surface area (Å²) < 4.78 is 0. The first-order valence-corrected chi connectivity index (χ1v) is 7.07. The van der Waals surface area contributed by atoms with Gasteiger partial charge >= 0.3 is 11.9 Å². The monoisotopic (exact) mass is 308 g/mol. The molecule has 2 aromatic heterocycles. The van der Waals surface area contributed by atoms with Gasteiger partial charge in [-0.1, -0.05) is 6.92 Å². The Kier molecular flexibility index (Phi) is 6.90. The fraction of sp³-hybridized carbons (Fsp3) is 0.214. The van der Waals surface area contributed by atoms with Gasteiger partial charge in [-0.2, -0.15) is 0 Å². The summed E-state index contributed by atoms with van der Waals surface area (Å²) >= 11 is 1.83. The highest BCUT2D eigenvalue weighted by Crippen LogP contribution is 2.19. The first kappa shape index (κ1) is 16.6. The second-order valence-corrected chi connectivity index (χ2v) is 4.97. The number of thiophene rings is 1. The standard InChI is InChI=1S/C10H12N2S.C4H4O4/c1-2-10-8(3-4-13-10)5-9-6-11-7-12-9;5-3(6)1-2-4(7)8/h3-4,6-7H,2,5H2,1H3,(H,11,12);1-2H,(H,5,6)(H,7,8)/b;2-1+. The predicted octanol–water partition coefficient (Wildman–Crippen LogP) is 2.34. The Labute approximate surface area is 125 Å². The van der Waals surface area contributed by atoms with Gasteiger partial charge in [-0.15, -0.1) is 11.3 Å². The molecule has 0 bridgehead atoms. The molecule has 0 aromatic carbocycles. The highest BCUT2D eigenvalue weighted by atomic mass is 32.1. The predicted molar refractivity (Wildman–Crippen MR) is 79.5 cm³/mol. The largest absolute Gasteiger partial charge is 0.478 e. The van der Waals surface area contributed by atoms with E-state index in [2.05, 4.69) is 28.3 Å². The van der Waals surface area contributed by atoms with Crippen LogP contribution in [0.4, 0.5) is 0 Å². The number of hydrogen-bond donors (Lipinski definition) is 3. The van der Waals surface area contributed by atoms with Crippen molar-refractivity contribution in [3.63, 3.8) is 0 Å². The molecule has 0 saturated carbocycles. The van der Waals surface area contributed by atoms with Gasteiger partial charge in [0.2, 0.25) is 0 Å². The molecule has 0 aliphatic carbocycles. The number of carboxylic acid groups (broad SMARTS) is 2. The summed E-state index contributed by atoms with van der Waals surface area (Å²) in [6, 6.07) is 2.19. The van der Waals surface area contributed by atoms with Gasteiger partial charge in [0.1, 0.15) is 0 Å². The van der Waals surface area contributed by atoms with E-state index < -0.39 is 11.9 Å². The number of carboxylic acids is 2. The van der Waals surface area contributed by atoms with E-state index in [0.29, 0.717) is 12.2 Å². The summed E-state index contributed by atoms with van der Waals surface area (Å²) in [5.74, 6) is -2.51. The molecule has 0 amide bonds. The van der Waals surface area contributed by atoms with Crippen molar-refractivity contribution >= 4 is 23.3 Å². The van der Waals surface area contributed by atoms with E-state index in [9.17, 15) is 9.59 Å². The Bertz CT molecular complexity index is 586. The van der Waals surface area contributed by atoms with E-state index in [1.165, 1.54) is 10.4 Å². The van der Waals surface area contributed by atoms with Gasteiger partial charge in [-0.25, -0.2) is 14.6 Å². The van der Waals surface area contributed by atoms with Crippen LogP contribution in [0.5, 0.6) is 0 Å². The lowest BCUT2D eigenvalue weighted by Gasteiger charge is -1.97. The van der Waals surface area contributed by atoms with Crippen molar-refractivity contribution in [2.24, 2.45) is 0 Å². The van der Waals surface area contributed by atoms with E-state index in [-0.39, 0.29) is 0 Å². The minimum atomic E-state index is -1.26. The molecular formula is C14H16N2O4S. The summed E-state index contributed by atoms with van der Waals surface area (Å²) in [4.78, 5) is 27.8. The number of rotatable bonds is 5. The topological polar surface area (TPSA) is 103 Å². The Morgan fingerprint density at radius 3 is 2.48 bits per heavy atom. The third-order valence-electron chi connectivity index (χ3n) is 2.45. The van der Waals surface area contributed by atoms with E-state index in [4.69, 9.17) is 10.2 Å². The third kappa shape index (κ3) is 6.53. The van der Waals surface area contributed by atoms with Crippen LogP contribution >= 0.6 is 11.3 Å². The summed E-state index contributed by atoms with van der Waals surface area (Å²) in [7, 11) is 0. The third-order valence-corrected chi connectivity index (χ3v) is 3.56. The minimum absolute atomic E-state index is 0.558. The molecule has 0 fully saturated rings. The van der Waals surface area contributed by atoms with Gasteiger partial charge in [0.05, 0.1) is 12.0 Å². The van der Waals surface area contributed by atoms with Crippen molar-refractivity contribution in [1.29, 1.82) is 0 Å². The van der Waals surface area contributed by atoms with Crippen LogP contribution in [-0.4, -0.2) is 32.1 Å². The van der Waals surface area contributed by atoms with Crippen LogP contribution in [0.1, 0.15) is 23.1 Å². The number of carbonyl (C=O) groups is 2. The summed E-state index contributed by atoms with van der Waals surface area (Å²) in [5.41, 5.74) is 2.53. The number of aromatic nitrogens is 2. The molecule has 0 spiro atoms. The van der Waals surface area contributed by atoms with Crippen molar-refractivity contribution in [1.82, 2.24) is 9.97 Å². The highest BCUT2D eigenvalue weighted by molar-refractivity contribution is 7.10. The van der Waals surface area contributed by atoms with Crippen molar-refractivity contribution in [3.8, 4) is 0 Å². The molecule has 2 heterocycles. The Hall–Kier alpha value is -2.41.